The molecule has 0 spiro atoms. The molecule has 1 unspecified atom stereocenters. The molecular formula is C18H23N7. The number of anilines is 2. The van der Waals surface area contributed by atoms with Gasteiger partial charge in [-0.3, -0.25) is 0 Å². The van der Waals surface area contributed by atoms with Crippen LogP contribution in [0.2, 0.25) is 0 Å². The molecule has 0 amide bonds. The van der Waals surface area contributed by atoms with Crippen molar-refractivity contribution < 1.29 is 0 Å². The van der Waals surface area contributed by atoms with Crippen LogP contribution in [-0.2, 0) is 6.54 Å². The number of imidazole rings is 1. The minimum atomic E-state index is 0.490. The number of nitrogens with one attached hydrogen (secondary N) is 2. The van der Waals surface area contributed by atoms with Crippen molar-refractivity contribution in [3.05, 3.63) is 48.0 Å². The number of aromatic nitrogens is 4. The normalized spacial score (nSPS) is 17.1. The van der Waals surface area contributed by atoms with Crippen LogP contribution in [0.4, 0.5) is 11.8 Å². The lowest BCUT2D eigenvalue weighted by Gasteiger charge is -2.24. The van der Waals surface area contributed by atoms with Gasteiger partial charge >= 0.3 is 0 Å². The highest BCUT2D eigenvalue weighted by molar-refractivity contribution is 5.48. The van der Waals surface area contributed by atoms with Crippen molar-refractivity contribution in [3.63, 3.8) is 0 Å². The van der Waals surface area contributed by atoms with Crippen LogP contribution in [0, 0.1) is 6.92 Å². The quantitative estimate of drug-likeness (QED) is 0.740. The molecule has 25 heavy (non-hydrogen) atoms. The van der Waals surface area contributed by atoms with E-state index in [1.165, 1.54) is 5.56 Å². The first-order valence-electron chi connectivity index (χ1n) is 8.64. The van der Waals surface area contributed by atoms with Crippen LogP contribution in [0.3, 0.4) is 0 Å². The molecule has 1 fully saturated rings. The SMILES string of the molecule is Cc1cccn2cc(CNc3nccc(N(C)C4CCNC4)n3)nc12. The fraction of sp³-hybridized carbons (Fsp3) is 0.389. The second-order valence-electron chi connectivity index (χ2n) is 6.50. The fourth-order valence-electron chi connectivity index (χ4n) is 3.25. The molecule has 2 N–H and O–H groups in total. The van der Waals surface area contributed by atoms with E-state index in [0.717, 1.165) is 36.7 Å². The monoisotopic (exact) mass is 337 g/mol. The van der Waals surface area contributed by atoms with E-state index in [0.29, 0.717) is 18.5 Å². The largest absolute Gasteiger partial charge is 0.355 e. The molecule has 7 nitrogen and oxygen atoms in total. The van der Waals surface area contributed by atoms with Crippen LogP contribution in [0.15, 0.2) is 36.8 Å². The van der Waals surface area contributed by atoms with E-state index in [-0.39, 0.29) is 0 Å². The number of hydrogen-bond donors (Lipinski definition) is 2. The predicted molar refractivity (Wildman–Crippen MR) is 99.0 cm³/mol. The molecule has 1 aliphatic heterocycles. The van der Waals surface area contributed by atoms with Gasteiger partial charge < -0.3 is 19.9 Å². The van der Waals surface area contributed by atoms with Gasteiger partial charge in [-0.1, -0.05) is 6.07 Å². The molecule has 3 aromatic heterocycles. The maximum Gasteiger partial charge on any atom is 0.224 e. The maximum absolute atomic E-state index is 4.67. The van der Waals surface area contributed by atoms with E-state index >= 15 is 0 Å². The third-order valence-electron chi connectivity index (χ3n) is 4.74. The summed E-state index contributed by atoms with van der Waals surface area (Å²) < 4.78 is 2.05. The van der Waals surface area contributed by atoms with Crippen LogP contribution < -0.4 is 15.5 Å². The summed E-state index contributed by atoms with van der Waals surface area (Å²) >= 11 is 0. The first-order chi connectivity index (χ1) is 12.2. The van der Waals surface area contributed by atoms with E-state index in [9.17, 15) is 0 Å². The number of rotatable bonds is 5. The van der Waals surface area contributed by atoms with Crippen LogP contribution in [0.5, 0.6) is 0 Å². The van der Waals surface area contributed by atoms with Crippen LogP contribution in [0.1, 0.15) is 17.7 Å². The average Bonchev–Trinajstić information content (AvgIpc) is 3.30. The lowest BCUT2D eigenvalue weighted by atomic mass is 10.2. The Hall–Kier alpha value is -2.67. The van der Waals surface area contributed by atoms with Gasteiger partial charge in [-0.25, -0.2) is 9.97 Å². The molecule has 3 aromatic rings. The number of hydrogen-bond acceptors (Lipinski definition) is 6. The molecule has 130 valence electrons. The molecule has 0 bridgehead atoms. The number of nitrogens with zero attached hydrogens (tertiary/aromatic N) is 5. The van der Waals surface area contributed by atoms with Gasteiger partial charge in [0.2, 0.25) is 5.95 Å². The number of fused-ring (bicyclic) bond motifs is 1. The van der Waals surface area contributed by atoms with Gasteiger partial charge in [0, 0.05) is 38.2 Å². The van der Waals surface area contributed by atoms with Crippen molar-refractivity contribution >= 4 is 17.4 Å². The Labute approximate surface area is 147 Å². The van der Waals surface area contributed by atoms with Crippen molar-refractivity contribution in [2.75, 3.05) is 30.4 Å². The first-order valence-corrected chi connectivity index (χ1v) is 8.64. The Kier molecular flexibility index (Phi) is 4.23. The summed E-state index contributed by atoms with van der Waals surface area (Å²) in [4.78, 5) is 15.9. The van der Waals surface area contributed by atoms with Crippen molar-refractivity contribution in [2.24, 2.45) is 0 Å². The zero-order valence-corrected chi connectivity index (χ0v) is 14.6. The third kappa shape index (κ3) is 3.28. The molecule has 4 heterocycles. The molecular weight excluding hydrogens is 314 g/mol. The number of aryl methyl sites for hydroxylation is 1. The van der Waals surface area contributed by atoms with E-state index in [1.807, 2.05) is 28.9 Å². The molecule has 1 aliphatic rings. The Morgan fingerprint density at radius 2 is 2.28 bits per heavy atom. The fourth-order valence-corrected chi connectivity index (χ4v) is 3.25. The number of pyridine rings is 1. The Morgan fingerprint density at radius 1 is 1.36 bits per heavy atom. The molecule has 0 saturated carbocycles. The second-order valence-corrected chi connectivity index (χ2v) is 6.50. The lowest BCUT2D eigenvalue weighted by Crippen LogP contribution is -2.34. The predicted octanol–water partition coefficient (Wildman–Crippen LogP) is 1.84. The van der Waals surface area contributed by atoms with Gasteiger partial charge in [-0.2, -0.15) is 4.98 Å². The van der Waals surface area contributed by atoms with Gasteiger partial charge in [0.1, 0.15) is 11.5 Å². The van der Waals surface area contributed by atoms with E-state index in [1.54, 1.807) is 6.20 Å². The smallest absolute Gasteiger partial charge is 0.224 e. The zero-order chi connectivity index (χ0) is 17.2. The van der Waals surface area contributed by atoms with Crippen molar-refractivity contribution in [2.45, 2.75) is 25.9 Å². The Bertz CT molecular complexity index is 867. The van der Waals surface area contributed by atoms with E-state index in [2.05, 4.69) is 50.5 Å². The zero-order valence-electron chi connectivity index (χ0n) is 14.6. The molecule has 1 atom stereocenters. The molecule has 0 radical (unpaired) electrons. The molecule has 1 saturated heterocycles. The van der Waals surface area contributed by atoms with Gasteiger partial charge in [0.15, 0.2) is 0 Å². The van der Waals surface area contributed by atoms with Crippen LogP contribution in [-0.4, -0.2) is 45.5 Å². The molecule has 0 aliphatic carbocycles. The molecule has 7 heteroatoms. The summed E-state index contributed by atoms with van der Waals surface area (Å²) in [6.07, 6.45) is 7.00. The highest BCUT2D eigenvalue weighted by atomic mass is 15.2. The Morgan fingerprint density at radius 3 is 3.08 bits per heavy atom. The van der Waals surface area contributed by atoms with Gasteiger partial charge in [0.25, 0.3) is 0 Å². The second kappa shape index (κ2) is 6.68. The van der Waals surface area contributed by atoms with Crippen LogP contribution in [0.25, 0.3) is 5.65 Å². The third-order valence-corrected chi connectivity index (χ3v) is 4.74. The van der Waals surface area contributed by atoms with Crippen molar-refractivity contribution in [3.8, 4) is 0 Å². The topological polar surface area (TPSA) is 70.4 Å². The summed E-state index contributed by atoms with van der Waals surface area (Å²) in [7, 11) is 2.09. The standard InChI is InChI=1S/C18H23N7/c1-13-4-3-9-25-12-14(22-17(13)25)10-21-18-20-8-6-16(23-18)24(2)15-5-7-19-11-15/h3-4,6,8-9,12,15,19H,5,7,10-11H2,1-2H3,(H,20,21,23). The van der Waals surface area contributed by atoms with Gasteiger partial charge in [-0.05, 0) is 37.6 Å². The Balaban J connectivity index is 1.47. The summed E-state index contributed by atoms with van der Waals surface area (Å²) in [6, 6.07) is 6.54. The average molecular weight is 337 g/mol. The summed E-state index contributed by atoms with van der Waals surface area (Å²) in [5.41, 5.74) is 3.12. The van der Waals surface area contributed by atoms with Gasteiger partial charge in [0.05, 0.1) is 12.2 Å². The minimum absolute atomic E-state index is 0.490. The van der Waals surface area contributed by atoms with E-state index in [4.69, 9.17) is 0 Å². The van der Waals surface area contributed by atoms with Crippen LogP contribution >= 0.6 is 0 Å². The van der Waals surface area contributed by atoms with Crippen molar-refractivity contribution in [1.82, 2.24) is 24.7 Å². The van der Waals surface area contributed by atoms with Gasteiger partial charge in [-0.15, -0.1) is 0 Å². The van der Waals surface area contributed by atoms with E-state index < -0.39 is 0 Å². The lowest BCUT2D eigenvalue weighted by molar-refractivity contribution is 0.677. The summed E-state index contributed by atoms with van der Waals surface area (Å²) in [5.74, 6) is 1.57. The highest BCUT2D eigenvalue weighted by Crippen LogP contribution is 2.17. The summed E-state index contributed by atoms with van der Waals surface area (Å²) in [5, 5.41) is 6.68. The summed E-state index contributed by atoms with van der Waals surface area (Å²) in [6.45, 7) is 4.74. The minimum Gasteiger partial charge on any atom is -0.355 e. The number of likely N-dealkylation sites (N-methyl/N-ethyl adjacent to an activating group) is 1. The van der Waals surface area contributed by atoms with Crippen molar-refractivity contribution in [1.29, 1.82) is 0 Å². The molecule has 4 rings (SSSR count). The maximum atomic E-state index is 4.67. The highest BCUT2D eigenvalue weighted by Gasteiger charge is 2.20. The first kappa shape index (κ1) is 15.8. The molecule has 0 aromatic carbocycles.